The largest absolute Gasteiger partial charge is 0.449 e. The number of pyridine rings is 1. The average Bonchev–Trinajstić information content (AvgIpc) is 2.57. The number of amides is 1. The molecular formula is C19H22N2O3S. The van der Waals surface area contributed by atoms with Crippen LogP contribution in [0.4, 0.5) is 5.69 Å². The first-order valence-electron chi connectivity index (χ1n) is 7.92. The summed E-state index contributed by atoms with van der Waals surface area (Å²) in [7, 11) is 0. The van der Waals surface area contributed by atoms with Gasteiger partial charge >= 0.3 is 5.97 Å². The summed E-state index contributed by atoms with van der Waals surface area (Å²) in [5.74, 6) is -0.921. The van der Waals surface area contributed by atoms with Crippen LogP contribution >= 0.6 is 11.8 Å². The van der Waals surface area contributed by atoms with Crippen molar-refractivity contribution in [3.05, 3.63) is 52.7 Å². The Bertz CT molecular complexity index is 782. The summed E-state index contributed by atoms with van der Waals surface area (Å²) < 4.78 is 5.31. The summed E-state index contributed by atoms with van der Waals surface area (Å²) in [6.45, 7) is 7.44. The number of thioether (sulfide) groups is 1. The highest BCUT2D eigenvalue weighted by molar-refractivity contribution is 7.98. The maximum absolute atomic E-state index is 12.4. The van der Waals surface area contributed by atoms with Crippen molar-refractivity contribution in [1.29, 1.82) is 0 Å². The number of esters is 1. The number of carbonyl (C=O) groups excluding carboxylic acids is 2. The molecule has 0 saturated heterocycles. The van der Waals surface area contributed by atoms with Gasteiger partial charge < -0.3 is 10.1 Å². The van der Waals surface area contributed by atoms with Gasteiger partial charge in [-0.3, -0.25) is 4.79 Å². The van der Waals surface area contributed by atoms with Crippen LogP contribution in [0.3, 0.4) is 0 Å². The molecule has 1 heterocycles. The Balaban J connectivity index is 2.09. The van der Waals surface area contributed by atoms with Gasteiger partial charge in [0.15, 0.2) is 6.10 Å². The van der Waals surface area contributed by atoms with Crippen LogP contribution in [0.25, 0.3) is 0 Å². The number of ether oxygens (including phenoxy) is 1. The van der Waals surface area contributed by atoms with Gasteiger partial charge in [0, 0.05) is 11.9 Å². The van der Waals surface area contributed by atoms with Crippen molar-refractivity contribution in [2.24, 2.45) is 0 Å². The smallest absolute Gasteiger partial charge is 0.341 e. The summed E-state index contributed by atoms with van der Waals surface area (Å²) in [6.07, 6.45) is 2.53. The predicted octanol–water partition coefficient (Wildman–Crippen LogP) is 3.91. The van der Waals surface area contributed by atoms with Crippen molar-refractivity contribution in [1.82, 2.24) is 4.98 Å². The van der Waals surface area contributed by atoms with Crippen molar-refractivity contribution in [2.45, 2.75) is 38.8 Å². The zero-order valence-corrected chi connectivity index (χ0v) is 15.9. The molecule has 5 nitrogen and oxygen atoms in total. The number of aryl methyl sites for hydroxylation is 3. The molecule has 1 atom stereocenters. The highest BCUT2D eigenvalue weighted by atomic mass is 32.2. The molecule has 0 unspecified atom stereocenters. The molecule has 132 valence electrons. The molecule has 1 aromatic carbocycles. The summed E-state index contributed by atoms with van der Waals surface area (Å²) in [5.41, 5.74) is 4.19. The van der Waals surface area contributed by atoms with Crippen LogP contribution in [0, 0.1) is 20.8 Å². The summed E-state index contributed by atoms with van der Waals surface area (Å²) in [4.78, 5) is 28.9. The lowest BCUT2D eigenvalue weighted by molar-refractivity contribution is -0.123. The lowest BCUT2D eigenvalue weighted by atomic mass is 10.0. The Morgan fingerprint density at radius 1 is 1.20 bits per heavy atom. The third-order valence-corrected chi connectivity index (χ3v) is 4.47. The van der Waals surface area contributed by atoms with E-state index in [9.17, 15) is 9.59 Å². The first kappa shape index (κ1) is 19.0. The number of benzene rings is 1. The van der Waals surface area contributed by atoms with E-state index >= 15 is 0 Å². The van der Waals surface area contributed by atoms with E-state index in [4.69, 9.17) is 4.74 Å². The Morgan fingerprint density at radius 2 is 1.84 bits per heavy atom. The number of anilines is 1. The van der Waals surface area contributed by atoms with Gasteiger partial charge in [0.25, 0.3) is 5.91 Å². The quantitative estimate of drug-likeness (QED) is 0.648. The third kappa shape index (κ3) is 4.60. The molecule has 0 fully saturated rings. The van der Waals surface area contributed by atoms with Crippen LogP contribution in [0.5, 0.6) is 0 Å². The van der Waals surface area contributed by atoms with Crippen LogP contribution in [0.15, 0.2) is 35.5 Å². The molecule has 0 radical (unpaired) electrons. The molecule has 0 saturated carbocycles. The number of hydrogen-bond acceptors (Lipinski definition) is 5. The maximum Gasteiger partial charge on any atom is 0.341 e. The molecule has 1 aromatic heterocycles. The van der Waals surface area contributed by atoms with E-state index in [1.54, 1.807) is 25.3 Å². The molecular weight excluding hydrogens is 336 g/mol. The Labute approximate surface area is 152 Å². The Kier molecular flexibility index (Phi) is 6.20. The monoisotopic (exact) mass is 358 g/mol. The standard InChI is InChI=1S/C19H22N2O3S/c1-11-9-12(2)16(13(3)10-11)21-17(22)14(4)24-19(23)15-7-6-8-20-18(15)25-5/h6-10,14H,1-5H3,(H,21,22)/t14-/m0/s1. The minimum absolute atomic E-state index is 0.359. The molecule has 25 heavy (non-hydrogen) atoms. The number of nitrogens with one attached hydrogen (secondary N) is 1. The van der Waals surface area contributed by atoms with Gasteiger partial charge in [0.05, 0.1) is 5.56 Å². The summed E-state index contributed by atoms with van der Waals surface area (Å²) in [5, 5.41) is 3.43. The fourth-order valence-corrected chi connectivity index (χ4v) is 3.13. The molecule has 1 N–H and O–H groups in total. The average molecular weight is 358 g/mol. The molecule has 0 aliphatic rings. The van der Waals surface area contributed by atoms with Crippen molar-refractivity contribution < 1.29 is 14.3 Å². The van der Waals surface area contributed by atoms with Gasteiger partial charge in [-0.05, 0) is 57.2 Å². The third-order valence-electron chi connectivity index (χ3n) is 3.76. The van der Waals surface area contributed by atoms with Crippen molar-refractivity contribution >= 4 is 29.3 Å². The van der Waals surface area contributed by atoms with E-state index in [0.29, 0.717) is 10.6 Å². The highest BCUT2D eigenvalue weighted by Gasteiger charge is 2.22. The molecule has 0 aliphatic carbocycles. The van der Waals surface area contributed by atoms with Crippen LogP contribution in [-0.2, 0) is 9.53 Å². The SMILES string of the molecule is CSc1ncccc1C(=O)O[C@@H](C)C(=O)Nc1c(C)cc(C)cc1C. The molecule has 2 aromatic rings. The first-order chi connectivity index (χ1) is 11.8. The van der Waals surface area contributed by atoms with Crippen molar-refractivity contribution in [3.8, 4) is 0 Å². The summed E-state index contributed by atoms with van der Waals surface area (Å²) >= 11 is 1.35. The second-order valence-electron chi connectivity index (χ2n) is 5.87. The van der Waals surface area contributed by atoms with Crippen LogP contribution in [-0.4, -0.2) is 29.2 Å². The minimum atomic E-state index is -0.914. The zero-order chi connectivity index (χ0) is 18.6. The van der Waals surface area contributed by atoms with Gasteiger partial charge in [0.1, 0.15) is 5.03 Å². The minimum Gasteiger partial charge on any atom is -0.449 e. The highest BCUT2D eigenvalue weighted by Crippen LogP contribution is 2.23. The van der Waals surface area contributed by atoms with E-state index in [0.717, 1.165) is 22.4 Å². The molecule has 1 amide bonds. The number of rotatable bonds is 5. The van der Waals surface area contributed by atoms with Crippen molar-refractivity contribution in [3.63, 3.8) is 0 Å². The molecule has 2 rings (SSSR count). The molecule has 0 bridgehead atoms. The van der Waals surface area contributed by atoms with Gasteiger partial charge in [-0.25, -0.2) is 9.78 Å². The van der Waals surface area contributed by atoms with Crippen LogP contribution in [0.1, 0.15) is 34.0 Å². The first-order valence-corrected chi connectivity index (χ1v) is 9.14. The molecule has 6 heteroatoms. The zero-order valence-electron chi connectivity index (χ0n) is 15.0. The van der Waals surface area contributed by atoms with Gasteiger partial charge in [-0.15, -0.1) is 11.8 Å². The second kappa shape index (κ2) is 8.16. The van der Waals surface area contributed by atoms with E-state index < -0.39 is 12.1 Å². The lowest BCUT2D eigenvalue weighted by Crippen LogP contribution is -2.30. The van der Waals surface area contributed by atoms with Crippen LogP contribution in [0.2, 0.25) is 0 Å². The summed E-state index contributed by atoms with van der Waals surface area (Å²) in [6, 6.07) is 7.31. The number of hydrogen-bond donors (Lipinski definition) is 1. The van der Waals surface area contributed by atoms with Crippen molar-refractivity contribution in [2.75, 3.05) is 11.6 Å². The van der Waals surface area contributed by atoms with E-state index in [2.05, 4.69) is 10.3 Å². The Hall–Kier alpha value is -2.34. The van der Waals surface area contributed by atoms with Crippen LogP contribution < -0.4 is 5.32 Å². The van der Waals surface area contributed by atoms with E-state index in [-0.39, 0.29) is 5.91 Å². The number of nitrogens with zero attached hydrogens (tertiary/aromatic N) is 1. The normalized spacial score (nSPS) is 11.7. The topological polar surface area (TPSA) is 68.3 Å². The predicted molar refractivity (Wildman–Crippen MR) is 100 cm³/mol. The fourth-order valence-electron chi connectivity index (χ4n) is 2.59. The Morgan fingerprint density at radius 3 is 2.44 bits per heavy atom. The fraction of sp³-hybridized carbons (Fsp3) is 0.316. The maximum atomic E-state index is 12.4. The second-order valence-corrected chi connectivity index (χ2v) is 6.67. The van der Waals surface area contributed by atoms with E-state index in [1.165, 1.54) is 11.8 Å². The van der Waals surface area contributed by atoms with Gasteiger partial charge in [-0.1, -0.05) is 17.7 Å². The lowest BCUT2D eigenvalue weighted by Gasteiger charge is -2.17. The number of carbonyl (C=O) groups is 2. The number of aromatic nitrogens is 1. The van der Waals surface area contributed by atoms with Gasteiger partial charge in [0.2, 0.25) is 0 Å². The van der Waals surface area contributed by atoms with E-state index in [1.807, 2.05) is 39.2 Å². The molecule has 0 aliphatic heterocycles. The molecule has 0 spiro atoms. The van der Waals surface area contributed by atoms with Gasteiger partial charge in [-0.2, -0.15) is 0 Å².